The molecular formula is C37H39FN8O8S. The summed E-state index contributed by atoms with van der Waals surface area (Å²) in [7, 11) is -1.47. The van der Waals surface area contributed by atoms with Crippen molar-refractivity contribution in [3.05, 3.63) is 83.4 Å². The van der Waals surface area contributed by atoms with Crippen molar-refractivity contribution in [2.45, 2.75) is 62.3 Å². The Morgan fingerprint density at radius 1 is 1.07 bits per heavy atom. The van der Waals surface area contributed by atoms with Crippen LogP contribution in [0.2, 0.25) is 0 Å². The largest absolute Gasteiger partial charge is 0.480 e. The molecule has 1 fully saturated rings. The third-order valence-electron chi connectivity index (χ3n) is 9.48. The van der Waals surface area contributed by atoms with Crippen molar-refractivity contribution in [2.75, 3.05) is 12.3 Å². The van der Waals surface area contributed by atoms with Gasteiger partial charge in [-0.2, -0.15) is 4.39 Å². The molecule has 0 spiro atoms. The van der Waals surface area contributed by atoms with E-state index in [1.54, 1.807) is 70.3 Å². The van der Waals surface area contributed by atoms with E-state index in [-0.39, 0.29) is 51.1 Å². The van der Waals surface area contributed by atoms with Crippen LogP contribution in [0.15, 0.2) is 76.7 Å². The molecule has 6 aromatic rings. The fourth-order valence-electron chi connectivity index (χ4n) is 7.27. The van der Waals surface area contributed by atoms with Gasteiger partial charge in [0.05, 0.1) is 50.9 Å². The Labute approximate surface area is 313 Å². The van der Waals surface area contributed by atoms with Gasteiger partial charge in [0.15, 0.2) is 5.65 Å². The molecule has 1 saturated carbocycles. The predicted octanol–water partition coefficient (Wildman–Crippen LogP) is 4.41. The molecule has 18 heteroatoms. The van der Waals surface area contributed by atoms with Gasteiger partial charge in [-0.3, -0.25) is 13.8 Å². The van der Waals surface area contributed by atoms with Gasteiger partial charge in [-0.25, -0.2) is 31.8 Å². The predicted molar refractivity (Wildman–Crippen MR) is 200 cm³/mol. The quantitative estimate of drug-likeness (QED) is 0.175. The molecule has 1 aliphatic rings. The average molecular weight is 775 g/mol. The Morgan fingerprint density at radius 2 is 1.76 bits per heavy atom. The first-order chi connectivity index (χ1) is 26.0. The number of hydrogen-bond donors (Lipinski definition) is 3. The number of nitrogens with one attached hydrogen (secondary N) is 1. The molecule has 288 valence electrons. The highest BCUT2D eigenvalue weighted by Crippen LogP contribution is 2.46. The number of imidazole rings is 1. The first-order valence-corrected chi connectivity index (χ1v) is 18.7. The Bertz CT molecular complexity index is 2640. The van der Waals surface area contributed by atoms with E-state index < -0.39 is 64.1 Å². The molecule has 4 N–H and O–H groups in total. The van der Waals surface area contributed by atoms with Crippen LogP contribution in [0.25, 0.3) is 44.5 Å². The summed E-state index contributed by atoms with van der Waals surface area (Å²) in [6.45, 7) is 4.44. The Kier molecular flexibility index (Phi) is 9.28. The molecule has 16 nitrogen and oxygen atoms in total. The molecule has 2 aromatic carbocycles. The number of anilines is 1. The summed E-state index contributed by atoms with van der Waals surface area (Å²) >= 11 is 0. The zero-order valence-electron chi connectivity index (χ0n) is 30.6. The lowest BCUT2D eigenvalue weighted by molar-refractivity contribution is -0.144. The lowest BCUT2D eigenvalue weighted by atomic mass is 9.99. The summed E-state index contributed by atoms with van der Waals surface area (Å²) in [5.74, 6) is -2.17. The molecular weight excluding hydrogens is 736 g/mol. The Morgan fingerprint density at radius 3 is 2.38 bits per heavy atom. The SMILES string of the molecule is Cn1cc(-c2c(-c3ccc(N)cc3)c3c(ncc4c3n([C@H]3C[C@H](NC(=O)OC(C)(C)C)[C@H](OCC(=O)O)C3)c(=O)n4C)n2S(=O)(=O)c2ccccc2)c(F)n1. The average Bonchev–Trinajstić information content (AvgIpc) is 3.84. The van der Waals surface area contributed by atoms with E-state index >= 15 is 4.39 Å². The number of amides is 1. The van der Waals surface area contributed by atoms with Gasteiger partial charge in [0, 0.05) is 37.6 Å². The number of alkyl carbamates (subject to hydrolysis) is 1. The number of aromatic nitrogens is 6. The van der Waals surface area contributed by atoms with Gasteiger partial charge < -0.3 is 25.6 Å². The van der Waals surface area contributed by atoms with Gasteiger partial charge >= 0.3 is 17.8 Å². The minimum Gasteiger partial charge on any atom is -0.480 e. The molecule has 0 radical (unpaired) electrons. The van der Waals surface area contributed by atoms with Crippen molar-refractivity contribution < 1.29 is 37.0 Å². The van der Waals surface area contributed by atoms with E-state index in [0.29, 0.717) is 16.8 Å². The number of pyridine rings is 1. The van der Waals surface area contributed by atoms with E-state index in [0.717, 1.165) is 3.97 Å². The molecule has 3 atom stereocenters. The van der Waals surface area contributed by atoms with Crippen LogP contribution < -0.4 is 16.7 Å². The zero-order chi connectivity index (χ0) is 39.6. The third kappa shape index (κ3) is 6.71. The van der Waals surface area contributed by atoms with Gasteiger partial charge in [-0.15, -0.1) is 5.10 Å². The number of benzene rings is 2. The fourth-order valence-corrected chi connectivity index (χ4v) is 8.77. The number of carboxylic acid groups (broad SMARTS) is 1. The molecule has 4 heterocycles. The third-order valence-corrected chi connectivity index (χ3v) is 11.2. The molecule has 0 aliphatic heterocycles. The van der Waals surface area contributed by atoms with Crippen molar-refractivity contribution in [2.24, 2.45) is 14.1 Å². The van der Waals surface area contributed by atoms with E-state index in [2.05, 4.69) is 15.4 Å². The van der Waals surface area contributed by atoms with Gasteiger partial charge in [-0.1, -0.05) is 30.3 Å². The normalized spacial score (nSPS) is 17.6. The second kappa shape index (κ2) is 13.7. The number of nitrogens with zero attached hydrogens (tertiary/aromatic N) is 6. The zero-order valence-corrected chi connectivity index (χ0v) is 31.4. The Balaban J connectivity index is 1.56. The number of fused-ring (bicyclic) bond motifs is 3. The summed E-state index contributed by atoms with van der Waals surface area (Å²) in [5.41, 5.74) is 6.11. The summed E-state index contributed by atoms with van der Waals surface area (Å²) < 4.78 is 61.8. The standard InChI is InChI=1S/C37H39FN8O8S/c1-37(2,3)54-35(49)41-25-15-22(16-27(25)53-19-28(47)48)45-32-26(44(5)36(45)50)17-40-34-30(32)29(20-11-13-21(39)14-12-20)31(24-18-43(4)42-33(24)38)46(34)55(51,52)23-9-7-6-8-10-23/h6-14,17-18,22,25,27H,15-16,19,39H2,1-5H3,(H,41,49)(H,47,48)/t22-,25-,27+/m0/s1. The number of hydrogen-bond acceptors (Lipinski definition) is 10. The minimum atomic E-state index is -4.52. The lowest BCUT2D eigenvalue weighted by Gasteiger charge is -2.24. The molecule has 1 amide bonds. The highest BCUT2D eigenvalue weighted by Gasteiger charge is 2.41. The highest BCUT2D eigenvalue weighted by atomic mass is 32.2. The molecule has 0 unspecified atom stereocenters. The molecule has 7 rings (SSSR count). The van der Waals surface area contributed by atoms with E-state index in [9.17, 15) is 27.9 Å². The number of nitrogen functional groups attached to an aromatic ring is 1. The summed E-state index contributed by atoms with van der Waals surface area (Å²) in [4.78, 5) is 43.4. The van der Waals surface area contributed by atoms with Gasteiger partial charge in [0.1, 0.15) is 12.2 Å². The van der Waals surface area contributed by atoms with Crippen molar-refractivity contribution in [1.82, 2.24) is 33.2 Å². The molecule has 1 aliphatic carbocycles. The topological polar surface area (TPSA) is 208 Å². The molecule has 0 bridgehead atoms. The maximum Gasteiger partial charge on any atom is 0.407 e. The second-order valence-electron chi connectivity index (χ2n) is 14.5. The summed E-state index contributed by atoms with van der Waals surface area (Å²) in [5, 5.41) is 16.3. The molecule has 0 saturated heterocycles. The number of carbonyl (C=O) groups is 2. The maximum absolute atomic E-state index is 15.9. The smallest absolute Gasteiger partial charge is 0.407 e. The van der Waals surface area contributed by atoms with Gasteiger partial charge in [0.25, 0.3) is 10.0 Å². The number of halogens is 1. The van der Waals surface area contributed by atoms with Crippen LogP contribution in [0.1, 0.15) is 39.7 Å². The van der Waals surface area contributed by atoms with Crippen LogP contribution in [0, 0.1) is 5.95 Å². The summed E-state index contributed by atoms with van der Waals surface area (Å²) in [6, 6.07) is 12.7. The molecule has 55 heavy (non-hydrogen) atoms. The van der Waals surface area contributed by atoms with Crippen LogP contribution in [-0.2, 0) is 38.4 Å². The van der Waals surface area contributed by atoms with E-state index in [4.69, 9.17) is 15.2 Å². The van der Waals surface area contributed by atoms with Gasteiger partial charge in [-0.05, 0) is 63.4 Å². The summed E-state index contributed by atoms with van der Waals surface area (Å²) in [6.07, 6.45) is 1.33. The fraction of sp³-hybridized carbons (Fsp3) is 0.324. The van der Waals surface area contributed by atoms with Crippen LogP contribution in [0.3, 0.4) is 0 Å². The number of carbonyl (C=O) groups excluding carboxylic acids is 1. The number of ether oxygens (including phenoxy) is 2. The van der Waals surface area contributed by atoms with Crippen LogP contribution in [-0.4, -0.2) is 77.8 Å². The Hall–Kier alpha value is -6.01. The van der Waals surface area contributed by atoms with Crippen molar-refractivity contribution in [3.63, 3.8) is 0 Å². The maximum atomic E-state index is 15.9. The van der Waals surface area contributed by atoms with Crippen molar-refractivity contribution >= 4 is 49.8 Å². The monoisotopic (exact) mass is 774 g/mol. The first kappa shape index (κ1) is 37.3. The lowest BCUT2D eigenvalue weighted by Crippen LogP contribution is -2.44. The second-order valence-corrected chi connectivity index (χ2v) is 16.2. The van der Waals surface area contributed by atoms with E-state index in [1.165, 1.54) is 45.4 Å². The van der Waals surface area contributed by atoms with Crippen LogP contribution >= 0.6 is 0 Å². The number of aryl methyl sites for hydroxylation is 2. The number of nitrogens with two attached hydrogens (primary N) is 1. The van der Waals surface area contributed by atoms with Gasteiger partial charge in [0.2, 0.25) is 5.95 Å². The highest BCUT2D eigenvalue weighted by molar-refractivity contribution is 7.90. The van der Waals surface area contributed by atoms with Crippen molar-refractivity contribution in [1.29, 1.82) is 0 Å². The van der Waals surface area contributed by atoms with Crippen LogP contribution in [0.4, 0.5) is 14.9 Å². The van der Waals surface area contributed by atoms with Crippen molar-refractivity contribution in [3.8, 4) is 22.4 Å². The number of aliphatic carboxylic acids is 1. The molecule has 4 aromatic heterocycles. The van der Waals surface area contributed by atoms with E-state index in [1.807, 2.05) is 0 Å². The van der Waals surface area contributed by atoms with Crippen LogP contribution in [0.5, 0.6) is 0 Å². The first-order valence-electron chi connectivity index (χ1n) is 17.3. The minimum absolute atomic E-state index is 0.0842. The number of rotatable bonds is 9. The number of carboxylic acids is 1.